The lowest BCUT2D eigenvalue weighted by atomic mass is 10.0. The Kier molecular flexibility index (Phi) is 3.80. The van der Waals surface area contributed by atoms with E-state index in [2.05, 4.69) is 11.9 Å². The molecule has 0 radical (unpaired) electrons. The van der Waals surface area contributed by atoms with Gasteiger partial charge in [-0.2, -0.15) is 0 Å². The fourth-order valence-electron chi connectivity index (χ4n) is 2.50. The quantitative estimate of drug-likeness (QED) is 0.833. The SMILES string of the molecule is CCOC(=O)c1nc(CC)n(C2(C)CCOC2)c1N. The number of carbonyl (C=O) groups is 1. The van der Waals surface area contributed by atoms with Crippen LogP contribution in [-0.4, -0.2) is 35.3 Å². The first-order valence-corrected chi connectivity index (χ1v) is 6.66. The predicted octanol–water partition coefficient (Wildman–Crippen LogP) is 1.34. The van der Waals surface area contributed by atoms with Gasteiger partial charge in [-0.1, -0.05) is 6.92 Å². The second-order valence-corrected chi connectivity index (χ2v) is 4.97. The van der Waals surface area contributed by atoms with Gasteiger partial charge in [-0.05, 0) is 20.3 Å². The average molecular weight is 267 g/mol. The van der Waals surface area contributed by atoms with E-state index in [-0.39, 0.29) is 11.2 Å². The van der Waals surface area contributed by atoms with Gasteiger partial charge < -0.3 is 19.8 Å². The number of aryl methyl sites for hydroxylation is 1. The second-order valence-electron chi connectivity index (χ2n) is 4.97. The van der Waals surface area contributed by atoms with Gasteiger partial charge >= 0.3 is 5.97 Å². The Morgan fingerprint density at radius 1 is 1.58 bits per heavy atom. The molecule has 0 bridgehead atoms. The van der Waals surface area contributed by atoms with Crippen LogP contribution in [0.4, 0.5) is 5.82 Å². The van der Waals surface area contributed by atoms with Crippen LogP contribution < -0.4 is 5.73 Å². The molecular formula is C13H21N3O3. The monoisotopic (exact) mass is 267 g/mol. The highest BCUT2D eigenvalue weighted by molar-refractivity contribution is 5.92. The lowest BCUT2D eigenvalue weighted by Crippen LogP contribution is -2.33. The molecule has 6 nitrogen and oxygen atoms in total. The molecule has 2 rings (SSSR count). The van der Waals surface area contributed by atoms with E-state index in [1.54, 1.807) is 6.92 Å². The Labute approximate surface area is 112 Å². The van der Waals surface area contributed by atoms with Crippen molar-refractivity contribution in [2.45, 2.75) is 39.2 Å². The average Bonchev–Trinajstić information content (AvgIpc) is 2.94. The zero-order valence-electron chi connectivity index (χ0n) is 11.7. The number of esters is 1. The molecular weight excluding hydrogens is 246 g/mol. The van der Waals surface area contributed by atoms with Crippen LogP contribution in [0.2, 0.25) is 0 Å². The molecule has 0 aliphatic carbocycles. The summed E-state index contributed by atoms with van der Waals surface area (Å²) in [5, 5.41) is 0. The molecule has 1 aliphatic rings. The Balaban J connectivity index is 2.45. The summed E-state index contributed by atoms with van der Waals surface area (Å²) >= 11 is 0. The van der Waals surface area contributed by atoms with Crippen molar-refractivity contribution in [3.8, 4) is 0 Å². The molecule has 19 heavy (non-hydrogen) atoms. The number of hydrogen-bond acceptors (Lipinski definition) is 5. The summed E-state index contributed by atoms with van der Waals surface area (Å²) in [6.07, 6.45) is 1.57. The van der Waals surface area contributed by atoms with Crippen LogP contribution in [0.15, 0.2) is 0 Å². The van der Waals surface area contributed by atoms with Crippen molar-refractivity contribution >= 4 is 11.8 Å². The Morgan fingerprint density at radius 3 is 2.84 bits per heavy atom. The first-order valence-electron chi connectivity index (χ1n) is 6.66. The molecule has 1 aromatic heterocycles. The lowest BCUT2D eigenvalue weighted by molar-refractivity contribution is 0.0521. The van der Waals surface area contributed by atoms with Gasteiger partial charge in [0.05, 0.1) is 18.8 Å². The highest BCUT2D eigenvalue weighted by Gasteiger charge is 2.36. The number of hydrogen-bond donors (Lipinski definition) is 1. The predicted molar refractivity (Wildman–Crippen MR) is 71.1 cm³/mol. The van der Waals surface area contributed by atoms with Crippen LogP contribution in [-0.2, 0) is 21.4 Å². The van der Waals surface area contributed by atoms with E-state index in [1.807, 2.05) is 11.5 Å². The molecule has 1 fully saturated rings. The number of rotatable bonds is 4. The minimum absolute atomic E-state index is 0.215. The minimum atomic E-state index is -0.462. The zero-order valence-corrected chi connectivity index (χ0v) is 11.7. The van der Waals surface area contributed by atoms with Gasteiger partial charge in [-0.15, -0.1) is 0 Å². The largest absolute Gasteiger partial charge is 0.461 e. The third kappa shape index (κ3) is 2.32. The smallest absolute Gasteiger partial charge is 0.360 e. The number of ether oxygens (including phenoxy) is 2. The van der Waals surface area contributed by atoms with E-state index in [4.69, 9.17) is 15.2 Å². The van der Waals surface area contributed by atoms with Crippen LogP contribution in [0.1, 0.15) is 43.5 Å². The van der Waals surface area contributed by atoms with Crippen molar-refractivity contribution < 1.29 is 14.3 Å². The summed E-state index contributed by atoms with van der Waals surface area (Å²) in [5.74, 6) is 0.716. The van der Waals surface area contributed by atoms with E-state index >= 15 is 0 Å². The fraction of sp³-hybridized carbons (Fsp3) is 0.692. The van der Waals surface area contributed by atoms with Crippen molar-refractivity contribution in [1.29, 1.82) is 0 Å². The van der Waals surface area contributed by atoms with Gasteiger partial charge in [-0.25, -0.2) is 9.78 Å². The molecule has 1 atom stereocenters. The highest BCUT2D eigenvalue weighted by Crippen LogP contribution is 2.32. The van der Waals surface area contributed by atoms with Crippen LogP contribution in [0.3, 0.4) is 0 Å². The molecule has 1 saturated heterocycles. The molecule has 1 aromatic rings. The summed E-state index contributed by atoms with van der Waals surface area (Å²) < 4.78 is 12.4. The molecule has 2 N–H and O–H groups in total. The fourth-order valence-corrected chi connectivity index (χ4v) is 2.50. The molecule has 0 spiro atoms. The summed E-state index contributed by atoms with van der Waals surface area (Å²) in [4.78, 5) is 16.2. The molecule has 106 valence electrons. The zero-order chi connectivity index (χ0) is 14.0. The summed E-state index contributed by atoms with van der Waals surface area (Å²) in [6.45, 7) is 7.43. The van der Waals surface area contributed by atoms with E-state index in [0.29, 0.717) is 32.1 Å². The number of carbonyl (C=O) groups excluding carboxylic acids is 1. The Morgan fingerprint density at radius 2 is 2.32 bits per heavy atom. The third-order valence-electron chi connectivity index (χ3n) is 3.51. The topological polar surface area (TPSA) is 79.4 Å². The van der Waals surface area contributed by atoms with E-state index < -0.39 is 5.97 Å². The second kappa shape index (κ2) is 5.21. The molecule has 1 aliphatic heterocycles. The third-order valence-corrected chi connectivity index (χ3v) is 3.51. The Hall–Kier alpha value is -1.56. The number of imidazole rings is 1. The number of nitrogen functional groups attached to an aromatic ring is 1. The molecule has 1 unspecified atom stereocenters. The number of nitrogens with two attached hydrogens (primary N) is 1. The lowest BCUT2D eigenvalue weighted by Gasteiger charge is -2.27. The first-order chi connectivity index (χ1) is 9.03. The van der Waals surface area contributed by atoms with Crippen LogP contribution in [0, 0.1) is 0 Å². The summed E-state index contributed by atoms with van der Waals surface area (Å²) in [6, 6.07) is 0. The van der Waals surface area contributed by atoms with Gasteiger partial charge in [0, 0.05) is 13.0 Å². The van der Waals surface area contributed by atoms with Crippen LogP contribution in [0.5, 0.6) is 0 Å². The Bertz CT molecular complexity index is 476. The molecule has 2 heterocycles. The number of aromatic nitrogens is 2. The normalized spacial score (nSPS) is 22.7. The van der Waals surface area contributed by atoms with Crippen molar-refractivity contribution in [3.63, 3.8) is 0 Å². The number of anilines is 1. The van der Waals surface area contributed by atoms with Crippen LogP contribution >= 0.6 is 0 Å². The van der Waals surface area contributed by atoms with E-state index in [1.165, 1.54) is 0 Å². The molecule has 0 aromatic carbocycles. The van der Waals surface area contributed by atoms with E-state index in [0.717, 1.165) is 12.2 Å². The van der Waals surface area contributed by atoms with Crippen molar-refractivity contribution in [2.24, 2.45) is 0 Å². The van der Waals surface area contributed by atoms with Gasteiger partial charge in [-0.3, -0.25) is 0 Å². The maximum absolute atomic E-state index is 11.9. The van der Waals surface area contributed by atoms with Gasteiger partial charge in [0.1, 0.15) is 11.6 Å². The highest BCUT2D eigenvalue weighted by atomic mass is 16.5. The molecule has 0 amide bonds. The van der Waals surface area contributed by atoms with Gasteiger partial charge in [0.2, 0.25) is 0 Å². The summed E-state index contributed by atoms with van der Waals surface area (Å²) in [5.41, 5.74) is 6.11. The van der Waals surface area contributed by atoms with Crippen molar-refractivity contribution in [1.82, 2.24) is 9.55 Å². The van der Waals surface area contributed by atoms with Crippen LogP contribution in [0.25, 0.3) is 0 Å². The van der Waals surface area contributed by atoms with Gasteiger partial charge in [0.15, 0.2) is 5.69 Å². The van der Waals surface area contributed by atoms with Crippen molar-refractivity contribution in [3.05, 3.63) is 11.5 Å². The maximum Gasteiger partial charge on any atom is 0.360 e. The molecule has 0 saturated carbocycles. The molecule has 6 heteroatoms. The maximum atomic E-state index is 11.9. The van der Waals surface area contributed by atoms with Crippen molar-refractivity contribution in [2.75, 3.05) is 25.6 Å². The van der Waals surface area contributed by atoms with Gasteiger partial charge in [0.25, 0.3) is 0 Å². The summed E-state index contributed by atoms with van der Waals surface area (Å²) in [7, 11) is 0. The minimum Gasteiger partial charge on any atom is -0.461 e. The first kappa shape index (κ1) is 13.9. The number of nitrogens with zero attached hydrogens (tertiary/aromatic N) is 2. The standard InChI is InChI=1S/C13H21N3O3/c1-4-9-15-10(12(17)19-5-2)11(14)16(9)13(3)6-7-18-8-13/h4-8,14H2,1-3H3. The van der Waals surface area contributed by atoms with E-state index in [9.17, 15) is 4.79 Å².